The van der Waals surface area contributed by atoms with Gasteiger partial charge in [0.25, 0.3) is 11.0 Å². The minimum Gasteiger partial charge on any atom is -0.494 e. The van der Waals surface area contributed by atoms with Gasteiger partial charge in [-0.2, -0.15) is 0 Å². The Hall–Kier alpha value is -2.39. The molecule has 0 aromatic heterocycles. The zero-order chi connectivity index (χ0) is 18.3. The molecule has 0 spiro atoms. The van der Waals surface area contributed by atoms with Crippen LogP contribution in [0.25, 0.3) is 0 Å². The highest BCUT2D eigenvalue weighted by molar-refractivity contribution is 5.94. The molecule has 0 heterocycles. The molecular formula is C16H25N3O6. The van der Waals surface area contributed by atoms with Crippen molar-refractivity contribution in [2.24, 2.45) is 0 Å². The number of ether oxygens (including phenoxy) is 1. The van der Waals surface area contributed by atoms with Crippen molar-refractivity contribution in [1.82, 2.24) is 10.6 Å². The number of benzene rings is 1. The maximum atomic E-state index is 11.9. The molecule has 1 aromatic rings. The van der Waals surface area contributed by atoms with E-state index in [9.17, 15) is 14.9 Å². The largest absolute Gasteiger partial charge is 0.494 e. The molecule has 0 unspecified atom stereocenters. The zero-order valence-electron chi connectivity index (χ0n) is 14.1. The van der Waals surface area contributed by atoms with Crippen LogP contribution in [0.4, 0.5) is 0 Å². The summed E-state index contributed by atoms with van der Waals surface area (Å²) in [6.07, 6.45) is 1.95. The number of aliphatic hydroxyl groups excluding tert-OH is 1. The highest BCUT2D eigenvalue weighted by atomic mass is 16.9. The molecule has 140 valence electrons. The molecule has 9 heteroatoms. The summed E-state index contributed by atoms with van der Waals surface area (Å²) in [4.78, 5) is 26.0. The van der Waals surface area contributed by atoms with Crippen molar-refractivity contribution < 1.29 is 24.6 Å². The van der Waals surface area contributed by atoms with Crippen LogP contribution in [0, 0.1) is 10.1 Å². The topological polar surface area (TPSA) is 123 Å². The molecule has 0 saturated carbocycles. The SMILES string of the molecule is O=C(NCCCO[N+](=O)[O-])c1ccc(OCCCNCCCO)cc1. The van der Waals surface area contributed by atoms with Gasteiger partial charge in [-0.15, -0.1) is 10.1 Å². The van der Waals surface area contributed by atoms with Crippen LogP contribution in [-0.4, -0.2) is 55.6 Å². The van der Waals surface area contributed by atoms with Crippen LogP contribution in [0.15, 0.2) is 24.3 Å². The van der Waals surface area contributed by atoms with Crippen LogP contribution >= 0.6 is 0 Å². The molecule has 3 N–H and O–H groups in total. The predicted octanol–water partition coefficient (Wildman–Crippen LogP) is 0.756. The lowest BCUT2D eigenvalue weighted by Crippen LogP contribution is -2.25. The number of nitrogens with zero attached hydrogens (tertiary/aromatic N) is 1. The van der Waals surface area contributed by atoms with E-state index in [1.165, 1.54) is 0 Å². The van der Waals surface area contributed by atoms with Crippen LogP contribution in [-0.2, 0) is 4.84 Å². The van der Waals surface area contributed by atoms with Gasteiger partial charge in [-0.3, -0.25) is 4.79 Å². The Labute approximate surface area is 146 Å². The highest BCUT2D eigenvalue weighted by Crippen LogP contribution is 2.12. The Morgan fingerprint density at radius 3 is 2.44 bits per heavy atom. The van der Waals surface area contributed by atoms with Crippen molar-refractivity contribution in [3.63, 3.8) is 0 Å². The molecule has 1 aromatic carbocycles. The molecule has 1 amide bonds. The van der Waals surface area contributed by atoms with Crippen molar-refractivity contribution >= 4 is 5.91 Å². The van der Waals surface area contributed by atoms with Gasteiger partial charge in [0.2, 0.25) is 0 Å². The molecule has 25 heavy (non-hydrogen) atoms. The van der Waals surface area contributed by atoms with Crippen LogP contribution in [0.2, 0.25) is 0 Å². The van der Waals surface area contributed by atoms with Crippen molar-refractivity contribution in [2.45, 2.75) is 19.3 Å². The molecule has 0 aliphatic rings. The monoisotopic (exact) mass is 355 g/mol. The van der Waals surface area contributed by atoms with E-state index in [4.69, 9.17) is 9.84 Å². The lowest BCUT2D eigenvalue weighted by atomic mass is 10.2. The van der Waals surface area contributed by atoms with E-state index in [1.54, 1.807) is 24.3 Å². The molecule has 0 radical (unpaired) electrons. The van der Waals surface area contributed by atoms with Crippen molar-refractivity contribution in [3.8, 4) is 5.75 Å². The van der Waals surface area contributed by atoms with Crippen LogP contribution in [0.1, 0.15) is 29.6 Å². The van der Waals surface area contributed by atoms with E-state index in [-0.39, 0.29) is 19.1 Å². The average Bonchev–Trinajstić information content (AvgIpc) is 2.60. The second-order valence-corrected chi connectivity index (χ2v) is 5.22. The summed E-state index contributed by atoms with van der Waals surface area (Å²) in [7, 11) is 0. The number of amides is 1. The molecule has 0 aliphatic carbocycles. The fourth-order valence-corrected chi connectivity index (χ4v) is 1.93. The Balaban J connectivity index is 2.17. The van der Waals surface area contributed by atoms with Gasteiger partial charge in [-0.1, -0.05) is 0 Å². The van der Waals surface area contributed by atoms with E-state index in [0.29, 0.717) is 30.9 Å². The van der Waals surface area contributed by atoms with E-state index in [1.807, 2.05) is 0 Å². The molecule has 9 nitrogen and oxygen atoms in total. The number of nitrogens with one attached hydrogen (secondary N) is 2. The molecule has 1 rings (SSSR count). The molecule has 0 fully saturated rings. The summed E-state index contributed by atoms with van der Waals surface area (Å²) in [5.41, 5.74) is 0.494. The maximum Gasteiger partial charge on any atom is 0.294 e. The smallest absolute Gasteiger partial charge is 0.294 e. The number of hydrogen-bond donors (Lipinski definition) is 3. The van der Waals surface area contributed by atoms with Crippen LogP contribution in [0.5, 0.6) is 5.75 Å². The number of carbonyl (C=O) groups excluding carboxylic acids is 1. The molecule has 0 atom stereocenters. The first-order chi connectivity index (χ1) is 12.1. The van der Waals surface area contributed by atoms with Gasteiger partial charge in [-0.25, -0.2) is 0 Å². The fourth-order valence-electron chi connectivity index (χ4n) is 1.93. The summed E-state index contributed by atoms with van der Waals surface area (Å²) in [6, 6.07) is 6.78. The number of aliphatic hydroxyl groups is 1. The fraction of sp³-hybridized carbons (Fsp3) is 0.562. The number of rotatable bonds is 14. The normalized spacial score (nSPS) is 10.3. The third-order valence-electron chi connectivity index (χ3n) is 3.20. The lowest BCUT2D eigenvalue weighted by molar-refractivity contribution is -0.757. The molecule has 0 bridgehead atoms. The predicted molar refractivity (Wildman–Crippen MR) is 91.0 cm³/mol. The number of hydrogen-bond acceptors (Lipinski definition) is 7. The van der Waals surface area contributed by atoms with Crippen LogP contribution in [0.3, 0.4) is 0 Å². The number of carbonyl (C=O) groups is 1. The maximum absolute atomic E-state index is 11.9. The van der Waals surface area contributed by atoms with Gasteiger partial charge < -0.3 is 25.3 Å². The van der Waals surface area contributed by atoms with Gasteiger partial charge >= 0.3 is 0 Å². The summed E-state index contributed by atoms with van der Waals surface area (Å²) in [5.74, 6) is 0.437. The second-order valence-electron chi connectivity index (χ2n) is 5.22. The standard InChI is InChI=1S/C16H25N3O6/c20-11-1-8-17-9-2-12-24-15-6-4-14(5-7-15)16(21)18-10-3-13-25-19(22)23/h4-7,17,20H,1-3,8-13H2,(H,18,21). The first kappa shape index (κ1) is 20.7. The molecule has 0 saturated heterocycles. The zero-order valence-corrected chi connectivity index (χ0v) is 14.1. The Kier molecular flexibility index (Phi) is 10.7. The Morgan fingerprint density at radius 1 is 1.08 bits per heavy atom. The lowest BCUT2D eigenvalue weighted by Gasteiger charge is -2.08. The third-order valence-corrected chi connectivity index (χ3v) is 3.20. The first-order valence-electron chi connectivity index (χ1n) is 8.23. The first-order valence-corrected chi connectivity index (χ1v) is 8.23. The second kappa shape index (κ2) is 13.0. The summed E-state index contributed by atoms with van der Waals surface area (Å²) in [5, 5.41) is 23.6. The van der Waals surface area contributed by atoms with E-state index in [2.05, 4.69) is 15.5 Å². The summed E-state index contributed by atoms with van der Waals surface area (Å²) in [6.45, 7) is 2.62. The van der Waals surface area contributed by atoms with Crippen molar-refractivity contribution in [2.75, 3.05) is 39.5 Å². The highest BCUT2D eigenvalue weighted by Gasteiger charge is 2.05. The quantitative estimate of drug-likeness (QED) is 0.256. The van der Waals surface area contributed by atoms with Gasteiger partial charge in [0.15, 0.2) is 0 Å². The van der Waals surface area contributed by atoms with Gasteiger partial charge in [0.1, 0.15) is 5.75 Å². The van der Waals surface area contributed by atoms with E-state index in [0.717, 1.165) is 25.9 Å². The molecular weight excluding hydrogens is 330 g/mol. The summed E-state index contributed by atoms with van der Waals surface area (Å²) >= 11 is 0. The third kappa shape index (κ3) is 10.2. The van der Waals surface area contributed by atoms with Crippen LogP contribution < -0.4 is 15.4 Å². The van der Waals surface area contributed by atoms with Gasteiger partial charge in [0, 0.05) is 18.7 Å². The van der Waals surface area contributed by atoms with Gasteiger partial charge in [-0.05, 0) is 56.6 Å². The van der Waals surface area contributed by atoms with Crippen molar-refractivity contribution in [3.05, 3.63) is 39.9 Å². The summed E-state index contributed by atoms with van der Waals surface area (Å²) < 4.78 is 5.58. The minimum atomic E-state index is -0.855. The van der Waals surface area contributed by atoms with E-state index < -0.39 is 5.09 Å². The average molecular weight is 355 g/mol. The molecule has 0 aliphatic heterocycles. The van der Waals surface area contributed by atoms with Gasteiger partial charge in [0.05, 0.1) is 13.2 Å². The van der Waals surface area contributed by atoms with E-state index >= 15 is 0 Å². The minimum absolute atomic E-state index is 0.0467. The van der Waals surface area contributed by atoms with Crippen molar-refractivity contribution in [1.29, 1.82) is 0 Å². The Bertz CT molecular complexity index is 509. The Morgan fingerprint density at radius 2 is 1.76 bits per heavy atom.